The number of methoxy groups -OCH3 is 1. The maximum atomic E-state index is 15.8. The Labute approximate surface area is 359 Å². The Morgan fingerprint density at radius 2 is 1.54 bits per heavy atom. The number of sulfonamides is 2. The normalized spacial score (nSPS) is 15.8. The van der Waals surface area contributed by atoms with Crippen molar-refractivity contribution in [1.29, 1.82) is 0 Å². The topological polar surface area (TPSA) is 211 Å². The first-order valence-electron chi connectivity index (χ1n) is 19.5. The number of fused-ring (bicyclic) bond motifs is 1. The Morgan fingerprint density at radius 3 is 2.14 bits per heavy atom. The first kappa shape index (κ1) is 43.2. The molecule has 0 radical (unpaired) electrons. The molecule has 1 atom stereocenters. The van der Waals surface area contributed by atoms with E-state index in [4.69, 9.17) is 4.74 Å². The number of aromatic nitrogens is 7. The van der Waals surface area contributed by atoms with Gasteiger partial charge in [0.15, 0.2) is 0 Å². The van der Waals surface area contributed by atoms with Crippen LogP contribution in [0.2, 0.25) is 0 Å². The van der Waals surface area contributed by atoms with Gasteiger partial charge in [0, 0.05) is 44.5 Å². The Morgan fingerprint density at radius 1 is 0.873 bits per heavy atom. The number of tetrazole rings is 1. The van der Waals surface area contributed by atoms with E-state index in [0.717, 1.165) is 20.0 Å². The molecule has 2 aromatic heterocycles. The lowest BCUT2D eigenvalue weighted by molar-refractivity contribution is -0.145. The second kappa shape index (κ2) is 17.4. The van der Waals surface area contributed by atoms with Crippen molar-refractivity contribution in [3.8, 4) is 17.1 Å². The maximum Gasteiger partial charge on any atom is 0.453 e. The molecule has 6 aromatic rings. The summed E-state index contributed by atoms with van der Waals surface area (Å²) in [5.74, 6) is -1.11. The number of carboxylic acid groups (broad SMARTS) is 1. The highest BCUT2D eigenvalue weighted by atomic mass is 32.2. The molecule has 4 aromatic carbocycles. The first-order valence-corrected chi connectivity index (χ1v) is 22.4. The van der Waals surface area contributed by atoms with Crippen LogP contribution in [0.3, 0.4) is 0 Å². The summed E-state index contributed by atoms with van der Waals surface area (Å²) in [6.45, 7) is -0.904. The number of ether oxygens (including phenoxy) is 1. The fourth-order valence-corrected chi connectivity index (χ4v) is 11.2. The van der Waals surface area contributed by atoms with Gasteiger partial charge in [0.1, 0.15) is 21.4 Å². The van der Waals surface area contributed by atoms with E-state index in [1.54, 1.807) is 89.8 Å². The molecule has 330 valence electrons. The van der Waals surface area contributed by atoms with E-state index in [1.165, 1.54) is 18.0 Å². The summed E-state index contributed by atoms with van der Waals surface area (Å²) in [6, 6.07) is 25.9. The zero-order valence-corrected chi connectivity index (χ0v) is 35.1. The van der Waals surface area contributed by atoms with Crippen molar-refractivity contribution < 1.29 is 44.6 Å². The molecule has 8 rings (SSSR count). The van der Waals surface area contributed by atoms with Crippen molar-refractivity contribution in [2.75, 3.05) is 31.6 Å². The van der Waals surface area contributed by atoms with Gasteiger partial charge >= 0.3 is 12.3 Å². The predicted octanol–water partition coefficient (Wildman–Crippen LogP) is 4.45. The Bertz CT molecular complexity index is 2790. The van der Waals surface area contributed by atoms with Crippen LogP contribution >= 0.6 is 0 Å². The van der Waals surface area contributed by atoms with Crippen LogP contribution in [-0.4, -0.2) is 105 Å². The molecule has 0 saturated carbocycles. The third-order valence-electron chi connectivity index (χ3n) is 10.6. The Balaban J connectivity index is 1.33. The largest absolute Gasteiger partial charge is 0.497 e. The lowest BCUT2D eigenvalue weighted by atomic mass is 10.1. The van der Waals surface area contributed by atoms with Gasteiger partial charge in [-0.2, -0.15) is 22.3 Å². The number of nitrogens with one attached hydrogen (secondary N) is 1. The van der Waals surface area contributed by atoms with Gasteiger partial charge in [-0.15, -0.1) is 15.3 Å². The van der Waals surface area contributed by atoms with Crippen LogP contribution in [-0.2, 0) is 58.9 Å². The molecular weight excluding hydrogens is 868 g/mol. The quantitative estimate of drug-likeness (QED) is 0.155. The monoisotopic (exact) mass is 907 g/mol. The molecule has 2 N–H and O–H groups in total. The zero-order chi connectivity index (χ0) is 44.5. The minimum atomic E-state index is -4.97. The Kier molecular flexibility index (Phi) is 11.9. The number of amides is 1. The standard InChI is InChI=1S/C40H40F3N11O7S2/c1-61-31-14-12-29(13-15-31)24-54-46-37(45-49-54)35-32(50-20-21-53-34(26-50)44-38(47-53)40(41,42)43)16-17-33(62(57,58)48-30-18-19-51(25-30)39(55)56)36(35)63(59,60)52(22-27-8-4-2-5-9-27)23-28-10-6-3-7-11-28/h2-17,30,48H,18-26H2,1H3,(H,55,56)/t30-/m1/s1. The fourth-order valence-electron chi connectivity index (χ4n) is 7.51. The average Bonchev–Trinajstić information content (AvgIpc) is 4.04. The van der Waals surface area contributed by atoms with Gasteiger partial charge in [-0.25, -0.2) is 36.0 Å². The molecule has 18 nitrogen and oxygen atoms in total. The molecule has 0 spiro atoms. The van der Waals surface area contributed by atoms with Gasteiger partial charge in [-0.05, 0) is 52.6 Å². The van der Waals surface area contributed by atoms with E-state index >= 15 is 8.42 Å². The number of nitrogens with zero attached hydrogens (tertiary/aromatic N) is 10. The highest BCUT2D eigenvalue weighted by molar-refractivity contribution is 7.92. The molecule has 0 bridgehead atoms. The second-order valence-corrected chi connectivity index (χ2v) is 18.4. The van der Waals surface area contributed by atoms with Crippen molar-refractivity contribution >= 4 is 31.8 Å². The molecule has 1 amide bonds. The number of benzene rings is 4. The maximum absolute atomic E-state index is 15.8. The zero-order valence-electron chi connectivity index (χ0n) is 33.5. The van der Waals surface area contributed by atoms with Crippen LogP contribution in [0.15, 0.2) is 107 Å². The van der Waals surface area contributed by atoms with E-state index in [-0.39, 0.29) is 81.7 Å². The Hall–Kier alpha value is -6.43. The van der Waals surface area contributed by atoms with Gasteiger partial charge in [0.25, 0.3) is 5.82 Å². The summed E-state index contributed by atoms with van der Waals surface area (Å²) < 4.78 is 112. The smallest absolute Gasteiger partial charge is 0.453 e. The van der Waals surface area contributed by atoms with Crippen LogP contribution in [0.1, 0.15) is 34.8 Å². The van der Waals surface area contributed by atoms with Crippen molar-refractivity contribution in [2.45, 2.75) is 61.2 Å². The number of likely N-dealkylation sites (tertiary alicyclic amines) is 1. The number of halogens is 3. The van der Waals surface area contributed by atoms with Crippen molar-refractivity contribution in [1.82, 2.24) is 48.9 Å². The molecule has 2 aliphatic heterocycles. The van der Waals surface area contributed by atoms with Crippen molar-refractivity contribution in [2.24, 2.45) is 0 Å². The molecule has 0 aliphatic carbocycles. The minimum absolute atomic E-state index is 0.00464. The van der Waals surface area contributed by atoms with Gasteiger partial charge in [-0.1, -0.05) is 72.8 Å². The summed E-state index contributed by atoms with van der Waals surface area (Å²) >= 11 is 0. The van der Waals surface area contributed by atoms with Gasteiger partial charge < -0.3 is 19.6 Å². The van der Waals surface area contributed by atoms with Crippen molar-refractivity contribution in [3.63, 3.8) is 0 Å². The lowest BCUT2D eigenvalue weighted by Gasteiger charge is -2.32. The van der Waals surface area contributed by atoms with Crippen LogP contribution in [0.5, 0.6) is 5.75 Å². The average molecular weight is 908 g/mol. The number of carbonyl (C=O) groups is 1. The van der Waals surface area contributed by atoms with Gasteiger partial charge in [0.2, 0.25) is 25.9 Å². The molecule has 2 aliphatic rings. The SMILES string of the molecule is COc1ccc(Cn2nnc(-c3c(N4CCn5nc(C(F)(F)F)nc5C4)ccc(S(=O)(=O)N[C@@H]4CCN(C(=O)O)C4)c3S(=O)(=O)N(Cc3ccccc3)Cc3ccccc3)n2)cc1. The minimum Gasteiger partial charge on any atom is -0.497 e. The molecule has 0 unspecified atom stereocenters. The molecular formula is C40H40F3N11O7S2. The van der Waals surface area contributed by atoms with E-state index in [0.29, 0.717) is 22.4 Å². The van der Waals surface area contributed by atoms with E-state index in [9.17, 15) is 31.5 Å². The van der Waals surface area contributed by atoms with E-state index in [2.05, 4.69) is 30.2 Å². The molecule has 1 fully saturated rings. The second-order valence-electron chi connectivity index (χ2n) is 14.9. The third kappa shape index (κ3) is 9.35. The summed E-state index contributed by atoms with van der Waals surface area (Å²) in [4.78, 5) is 17.9. The molecule has 63 heavy (non-hydrogen) atoms. The molecule has 4 heterocycles. The van der Waals surface area contributed by atoms with Crippen LogP contribution in [0.4, 0.5) is 23.7 Å². The fraction of sp³-hybridized carbons (Fsp3) is 0.300. The first-order chi connectivity index (χ1) is 30.1. The lowest BCUT2D eigenvalue weighted by Crippen LogP contribution is -2.40. The number of rotatable bonds is 14. The highest BCUT2D eigenvalue weighted by Crippen LogP contribution is 2.42. The van der Waals surface area contributed by atoms with Crippen LogP contribution < -0.4 is 14.4 Å². The predicted molar refractivity (Wildman–Crippen MR) is 219 cm³/mol. The number of anilines is 1. The van der Waals surface area contributed by atoms with E-state index in [1.807, 2.05) is 0 Å². The summed E-state index contributed by atoms with van der Waals surface area (Å²) in [7, 11) is -8.26. The van der Waals surface area contributed by atoms with Gasteiger partial charge in [0.05, 0.1) is 32.3 Å². The molecule has 23 heteroatoms. The van der Waals surface area contributed by atoms with Crippen molar-refractivity contribution in [3.05, 3.63) is 125 Å². The summed E-state index contributed by atoms with van der Waals surface area (Å²) in [5.41, 5.74) is 1.66. The summed E-state index contributed by atoms with van der Waals surface area (Å²) in [6.07, 6.45) is -5.96. The highest BCUT2D eigenvalue weighted by Gasteiger charge is 2.42. The summed E-state index contributed by atoms with van der Waals surface area (Å²) in [5, 5.41) is 26.3. The number of hydrogen-bond acceptors (Lipinski definition) is 12. The third-order valence-corrected chi connectivity index (χ3v) is 14.2. The van der Waals surface area contributed by atoms with Crippen LogP contribution in [0, 0.1) is 0 Å². The number of hydrogen-bond donors (Lipinski definition) is 2. The number of alkyl halides is 3. The van der Waals surface area contributed by atoms with Crippen LogP contribution in [0.25, 0.3) is 11.4 Å². The van der Waals surface area contributed by atoms with E-state index < -0.39 is 54.0 Å². The molecule has 1 saturated heterocycles. The van der Waals surface area contributed by atoms with Gasteiger partial charge in [-0.3, -0.25) is 0 Å².